The van der Waals surface area contributed by atoms with E-state index >= 15 is 0 Å². The lowest BCUT2D eigenvalue weighted by atomic mass is 9.47. The number of hydrogen-bond acceptors (Lipinski definition) is 3. The Hall–Kier alpha value is -1.51. The number of fused-ring (bicyclic) bond motifs is 5. The van der Waals surface area contributed by atoms with Crippen LogP contribution in [0.3, 0.4) is 0 Å². The maximum atomic E-state index is 12.3. The summed E-state index contributed by atoms with van der Waals surface area (Å²) in [6, 6.07) is 0. The molecule has 0 aromatic rings. The zero-order valence-corrected chi connectivity index (χ0v) is 26.1. The maximum Gasteiger partial charge on any atom is 0.337 e. The molecule has 5 rings (SSSR count). The van der Waals surface area contributed by atoms with Crippen molar-refractivity contribution in [2.24, 2.45) is 46.3 Å². The fourth-order valence-electron chi connectivity index (χ4n) is 10.1. The molecule has 0 spiro atoms. The Labute approximate surface area is 239 Å². The van der Waals surface area contributed by atoms with Crippen molar-refractivity contribution < 1.29 is 14.3 Å². The SMILES string of the molecule is CCOC(=O)C1=C(C)OC(C2=CC3=CC[C@H]4[C@@H]5CC[C@H]([C@H](C)CCCC(C)C)[C@@]5(C)CC[C@@H]4[C@@]3(C)CC2)CC1. The molecular formula is C36H56O3. The van der Waals surface area contributed by atoms with E-state index in [1.165, 1.54) is 63.4 Å². The van der Waals surface area contributed by atoms with Crippen LogP contribution in [0.1, 0.15) is 126 Å². The van der Waals surface area contributed by atoms with Gasteiger partial charge in [0.15, 0.2) is 0 Å². The Kier molecular flexibility index (Phi) is 8.48. The highest BCUT2D eigenvalue weighted by Crippen LogP contribution is 2.67. The van der Waals surface area contributed by atoms with Gasteiger partial charge < -0.3 is 9.47 Å². The molecule has 5 aliphatic rings. The molecule has 2 fully saturated rings. The van der Waals surface area contributed by atoms with Crippen molar-refractivity contribution in [2.75, 3.05) is 6.61 Å². The fourth-order valence-corrected chi connectivity index (χ4v) is 10.1. The number of hydrogen-bond donors (Lipinski definition) is 0. The predicted molar refractivity (Wildman–Crippen MR) is 160 cm³/mol. The molecule has 39 heavy (non-hydrogen) atoms. The Bertz CT molecular complexity index is 1020. The van der Waals surface area contributed by atoms with Crippen molar-refractivity contribution in [3.63, 3.8) is 0 Å². The van der Waals surface area contributed by atoms with Gasteiger partial charge in [-0.1, -0.05) is 66.0 Å². The quantitative estimate of drug-likeness (QED) is 0.290. The van der Waals surface area contributed by atoms with Crippen LogP contribution < -0.4 is 0 Å². The molecule has 0 radical (unpaired) electrons. The summed E-state index contributed by atoms with van der Waals surface area (Å²) >= 11 is 0. The van der Waals surface area contributed by atoms with Crippen molar-refractivity contribution in [1.82, 2.24) is 0 Å². The van der Waals surface area contributed by atoms with Gasteiger partial charge in [-0.05, 0) is 129 Å². The molecule has 0 aromatic heterocycles. The second-order valence-electron chi connectivity index (χ2n) is 14.8. The van der Waals surface area contributed by atoms with Crippen molar-refractivity contribution in [2.45, 2.75) is 132 Å². The molecule has 3 heteroatoms. The zero-order valence-electron chi connectivity index (χ0n) is 26.1. The summed E-state index contributed by atoms with van der Waals surface area (Å²) in [5.74, 6) is 5.78. The van der Waals surface area contributed by atoms with Crippen molar-refractivity contribution in [1.29, 1.82) is 0 Å². The highest BCUT2D eigenvalue weighted by Gasteiger charge is 2.58. The normalized spacial score (nSPS) is 38.7. The molecule has 8 atom stereocenters. The molecule has 2 saturated carbocycles. The standard InChI is InChI=1S/C36H56O3/c1-8-38-34(37)28-14-17-33(39-25(28)5)26-18-20-35(6)27(22-26)12-13-29-31-16-15-30(24(4)11-9-10-23(2)3)36(31,7)21-19-32(29)35/h12,22-24,29-33H,8-11,13-21H2,1-7H3/t24-,29+,30-,31+,32+,33?,35+,36-/m1/s1. The van der Waals surface area contributed by atoms with Crippen LogP contribution in [0, 0.1) is 46.3 Å². The van der Waals surface area contributed by atoms with Gasteiger partial charge in [0.05, 0.1) is 12.2 Å². The van der Waals surface area contributed by atoms with E-state index in [0.717, 1.165) is 66.1 Å². The largest absolute Gasteiger partial charge is 0.490 e. The third kappa shape index (κ3) is 5.30. The molecular weight excluding hydrogens is 480 g/mol. The summed E-state index contributed by atoms with van der Waals surface area (Å²) in [7, 11) is 0. The van der Waals surface area contributed by atoms with Crippen LogP contribution >= 0.6 is 0 Å². The van der Waals surface area contributed by atoms with Crippen LogP contribution in [0.5, 0.6) is 0 Å². The van der Waals surface area contributed by atoms with Gasteiger partial charge in [0, 0.05) is 0 Å². The van der Waals surface area contributed by atoms with Crippen molar-refractivity contribution in [3.05, 3.63) is 34.6 Å². The van der Waals surface area contributed by atoms with Crippen LogP contribution in [0.15, 0.2) is 34.6 Å². The summed E-state index contributed by atoms with van der Waals surface area (Å²) in [6.45, 7) is 16.8. The van der Waals surface area contributed by atoms with Gasteiger partial charge in [-0.25, -0.2) is 4.79 Å². The first-order chi connectivity index (χ1) is 18.6. The molecule has 1 heterocycles. The second-order valence-corrected chi connectivity index (χ2v) is 14.8. The van der Waals surface area contributed by atoms with Gasteiger partial charge in [0.2, 0.25) is 0 Å². The molecule has 0 N–H and O–H groups in total. The monoisotopic (exact) mass is 536 g/mol. The molecule has 1 aliphatic heterocycles. The van der Waals surface area contributed by atoms with Crippen LogP contribution in [0.2, 0.25) is 0 Å². The number of esters is 1. The summed E-state index contributed by atoms with van der Waals surface area (Å²) in [6.07, 6.45) is 20.5. The van der Waals surface area contributed by atoms with Gasteiger partial charge in [-0.3, -0.25) is 0 Å². The van der Waals surface area contributed by atoms with E-state index in [-0.39, 0.29) is 12.1 Å². The zero-order chi connectivity index (χ0) is 27.9. The van der Waals surface area contributed by atoms with Crippen molar-refractivity contribution in [3.8, 4) is 0 Å². The highest BCUT2D eigenvalue weighted by atomic mass is 16.5. The average Bonchev–Trinajstić information content (AvgIpc) is 3.25. The fraction of sp³-hybridized carbons (Fsp3) is 0.806. The van der Waals surface area contributed by atoms with E-state index in [1.807, 2.05) is 13.8 Å². The molecule has 0 saturated heterocycles. The first-order valence-corrected chi connectivity index (χ1v) is 16.5. The Morgan fingerprint density at radius 1 is 1.05 bits per heavy atom. The number of ether oxygens (including phenoxy) is 2. The van der Waals surface area contributed by atoms with Crippen LogP contribution in [0.25, 0.3) is 0 Å². The third-order valence-corrected chi connectivity index (χ3v) is 12.3. The molecule has 4 aliphatic carbocycles. The number of allylic oxidation sites excluding steroid dienone is 4. The molecule has 0 aromatic carbocycles. The van der Waals surface area contributed by atoms with E-state index in [0.29, 0.717) is 17.4 Å². The first kappa shape index (κ1) is 29.0. The van der Waals surface area contributed by atoms with E-state index in [2.05, 4.69) is 46.8 Å². The van der Waals surface area contributed by atoms with E-state index in [1.54, 1.807) is 5.57 Å². The van der Waals surface area contributed by atoms with Gasteiger partial charge in [-0.15, -0.1) is 0 Å². The lowest BCUT2D eigenvalue weighted by molar-refractivity contribution is -0.139. The minimum absolute atomic E-state index is 0.105. The summed E-state index contributed by atoms with van der Waals surface area (Å²) in [4.78, 5) is 12.3. The first-order valence-electron chi connectivity index (χ1n) is 16.5. The molecule has 0 amide bonds. The summed E-state index contributed by atoms with van der Waals surface area (Å²) in [5, 5.41) is 0. The molecule has 0 bridgehead atoms. The van der Waals surface area contributed by atoms with Crippen LogP contribution in [-0.4, -0.2) is 18.7 Å². The van der Waals surface area contributed by atoms with Gasteiger partial charge >= 0.3 is 5.97 Å². The highest BCUT2D eigenvalue weighted by molar-refractivity contribution is 5.89. The van der Waals surface area contributed by atoms with Gasteiger partial charge in [-0.2, -0.15) is 0 Å². The summed E-state index contributed by atoms with van der Waals surface area (Å²) in [5.41, 5.74) is 4.61. The number of carbonyl (C=O) groups is 1. The Morgan fingerprint density at radius 3 is 2.56 bits per heavy atom. The second kappa shape index (κ2) is 11.4. The average molecular weight is 537 g/mol. The summed E-state index contributed by atoms with van der Waals surface area (Å²) < 4.78 is 11.6. The van der Waals surface area contributed by atoms with E-state index in [9.17, 15) is 4.79 Å². The number of carbonyl (C=O) groups excluding carboxylic acids is 1. The molecule has 1 unspecified atom stereocenters. The predicted octanol–water partition coefficient (Wildman–Crippen LogP) is 9.58. The van der Waals surface area contributed by atoms with Gasteiger partial charge in [0.1, 0.15) is 11.9 Å². The van der Waals surface area contributed by atoms with Crippen LogP contribution in [0.4, 0.5) is 0 Å². The Balaban J connectivity index is 1.29. The third-order valence-electron chi connectivity index (χ3n) is 12.3. The maximum absolute atomic E-state index is 12.3. The van der Waals surface area contributed by atoms with E-state index in [4.69, 9.17) is 9.47 Å². The molecule has 218 valence electrons. The lowest BCUT2D eigenvalue weighted by Crippen LogP contribution is -2.50. The topological polar surface area (TPSA) is 35.5 Å². The Morgan fingerprint density at radius 2 is 1.85 bits per heavy atom. The minimum atomic E-state index is -0.205. The van der Waals surface area contributed by atoms with Crippen LogP contribution in [-0.2, 0) is 14.3 Å². The molecule has 3 nitrogen and oxygen atoms in total. The van der Waals surface area contributed by atoms with E-state index < -0.39 is 0 Å². The van der Waals surface area contributed by atoms with Gasteiger partial charge in [0.25, 0.3) is 0 Å². The lowest BCUT2D eigenvalue weighted by Gasteiger charge is -2.57. The number of rotatable bonds is 8. The van der Waals surface area contributed by atoms with Crippen molar-refractivity contribution >= 4 is 5.97 Å². The minimum Gasteiger partial charge on any atom is -0.490 e. The smallest absolute Gasteiger partial charge is 0.337 e.